The molecule has 92 valence electrons. The van der Waals surface area contributed by atoms with Crippen LogP contribution in [0.4, 0.5) is 0 Å². The molecule has 0 aliphatic carbocycles. The molecule has 2 heterocycles. The maximum atomic E-state index is 12.0. The Morgan fingerprint density at radius 3 is 2.65 bits per heavy atom. The molecule has 7 heteroatoms. The molecule has 1 unspecified atom stereocenters. The fourth-order valence-corrected chi connectivity index (χ4v) is 5.33. The number of rotatable bonds is 4. The van der Waals surface area contributed by atoms with Gasteiger partial charge in [-0.05, 0) is 57.4 Å². The third-order valence-electron chi connectivity index (χ3n) is 2.19. The van der Waals surface area contributed by atoms with Crippen molar-refractivity contribution in [1.82, 2.24) is 4.72 Å². The summed E-state index contributed by atoms with van der Waals surface area (Å²) in [6.45, 7) is 1.84. The van der Waals surface area contributed by atoms with Crippen LogP contribution >= 0.6 is 38.6 Å². The maximum Gasteiger partial charge on any atom is 0.250 e. The summed E-state index contributed by atoms with van der Waals surface area (Å²) in [5.41, 5.74) is 0.981. The van der Waals surface area contributed by atoms with E-state index >= 15 is 0 Å². The molecule has 17 heavy (non-hydrogen) atoms. The Morgan fingerprint density at radius 2 is 2.12 bits per heavy atom. The van der Waals surface area contributed by atoms with Crippen LogP contribution in [0.2, 0.25) is 0 Å². The summed E-state index contributed by atoms with van der Waals surface area (Å²) in [5, 5.41) is 3.87. The Hall–Kier alpha value is -0.210. The Kier molecular flexibility index (Phi) is 4.04. The molecule has 1 atom stereocenters. The molecule has 0 aliphatic heterocycles. The van der Waals surface area contributed by atoms with Gasteiger partial charge in [0.25, 0.3) is 10.0 Å². The lowest BCUT2D eigenvalue weighted by Crippen LogP contribution is -2.25. The highest BCUT2D eigenvalue weighted by molar-refractivity contribution is 9.11. The number of halogens is 1. The first-order chi connectivity index (χ1) is 7.99. The summed E-state index contributed by atoms with van der Waals surface area (Å²) in [7, 11) is -3.42. The van der Waals surface area contributed by atoms with Gasteiger partial charge >= 0.3 is 0 Å². The van der Waals surface area contributed by atoms with Gasteiger partial charge in [0, 0.05) is 6.04 Å². The van der Waals surface area contributed by atoms with Gasteiger partial charge < -0.3 is 0 Å². The fraction of sp³-hybridized carbons (Fsp3) is 0.200. The molecule has 0 saturated heterocycles. The van der Waals surface area contributed by atoms with Crippen LogP contribution in [0.25, 0.3) is 0 Å². The van der Waals surface area contributed by atoms with Gasteiger partial charge in [-0.2, -0.15) is 11.3 Å². The van der Waals surface area contributed by atoms with Crippen molar-refractivity contribution >= 4 is 48.6 Å². The molecular weight excluding hydrogens is 342 g/mol. The zero-order valence-corrected chi connectivity index (χ0v) is 12.9. The first kappa shape index (κ1) is 13.2. The van der Waals surface area contributed by atoms with Crippen molar-refractivity contribution in [2.24, 2.45) is 0 Å². The lowest BCUT2D eigenvalue weighted by atomic mass is 10.2. The number of thiophene rings is 2. The highest BCUT2D eigenvalue weighted by atomic mass is 79.9. The smallest absolute Gasteiger partial charge is 0.206 e. The van der Waals surface area contributed by atoms with Gasteiger partial charge in [-0.3, -0.25) is 0 Å². The van der Waals surface area contributed by atoms with Crippen LogP contribution < -0.4 is 4.72 Å². The summed E-state index contributed by atoms with van der Waals surface area (Å²) in [5.74, 6) is 0. The summed E-state index contributed by atoms with van der Waals surface area (Å²) in [6.07, 6.45) is 0. The van der Waals surface area contributed by atoms with Crippen LogP contribution in [0.3, 0.4) is 0 Å². The molecule has 3 nitrogen and oxygen atoms in total. The van der Waals surface area contributed by atoms with Crippen molar-refractivity contribution < 1.29 is 8.42 Å². The van der Waals surface area contributed by atoms with Crippen molar-refractivity contribution in [3.05, 3.63) is 38.3 Å². The first-order valence-electron chi connectivity index (χ1n) is 4.79. The Morgan fingerprint density at radius 1 is 1.35 bits per heavy atom. The van der Waals surface area contributed by atoms with Crippen molar-refractivity contribution in [3.63, 3.8) is 0 Å². The maximum absolute atomic E-state index is 12.0. The standard InChI is InChI=1S/C10H10BrNO2S3/c1-7(8-4-5-15-6-8)12-17(13,14)10-3-2-9(11)16-10/h2-7,12H,1H3. The lowest BCUT2D eigenvalue weighted by molar-refractivity contribution is 0.569. The summed E-state index contributed by atoms with van der Waals surface area (Å²) in [4.78, 5) is 0. The van der Waals surface area contributed by atoms with Crippen molar-refractivity contribution in [3.8, 4) is 0 Å². The molecule has 0 radical (unpaired) electrons. The number of hydrogen-bond donors (Lipinski definition) is 1. The van der Waals surface area contributed by atoms with Gasteiger partial charge in [-0.15, -0.1) is 11.3 Å². The van der Waals surface area contributed by atoms with Gasteiger partial charge in [0.15, 0.2) is 0 Å². The highest BCUT2D eigenvalue weighted by Crippen LogP contribution is 2.27. The molecule has 2 rings (SSSR count). The van der Waals surface area contributed by atoms with Crippen LogP contribution in [0, 0.1) is 0 Å². The predicted octanol–water partition coefficient (Wildman–Crippen LogP) is 3.61. The van der Waals surface area contributed by atoms with E-state index in [0.29, 0.717) is 4.21 Å². The van der Waals surface area contributed by atoms with Crippen molar-refractivity contribution in [2.45, 2.75) is 17.2 Å². The molecule has 0 aromatic carbocycles. The van der Waals surface area contributed by atoms with Gasteiger partial charge in [-0.25, -0.2) is 13.1 Å². The molecule has 0 bridgehead atoms. The van der Waals surface area contributed by atoms with Crippen LogP contribution in [0.15, 0.2) is 37.0 Å². The van der Waals surface area contributed by atoms with Gasteiger partial charge in [-0.1, -0.05) is 0 Å². The second-order valence-corrected chi connectivity index (χ2v) is 8.64. The lowest BCUT2D eigenvalue weighted by Gasteiger charge is -2.11. The van der Waals surface area contributed by atoms with E-state index in [1.807, 2.05) is 23.8 Å². The third-order valence-corrected chi connectivity index (χ3v) is 6.55. The fourth-order valence-electron chi connectivity index (χ4n) is 1.32. The monoisotopic (exact) mass is 351 g/mol. The summed E-state index contributed by atoms with van der Waals surface area (Å²) < 4.78 is 27.9. The average molecular weight is 352 g/mol. The van der Waals surface area contributed by atoms with Crippen molar-refractivity contribution in [2.75, 3.05) is 0 Å². The molecule has 0 saturated carbocycles. The van der Waals surface area contributed by atoms with Gasteiger partial charge in [0.1, 0.15) is 4.21 Å². The van der Waals surface area contributed by atoms with E-state index in [2.05, 4.69) is 20.7 Å². The van der Waals surface area contributed by atoms with Crippen LogP contribution in [-0.4, -0.2) is 8.42 Å². The van der Waals surface area contributed by atoms with E-state index < -0.39 is 10.0 Å². The van der Waals surface area contributed by atoms with Crippen molar-refractivity contribution in [1.29, 1.82) is 0 Å². The number of sulfonamides is 1. The van der Waals surface area contributed by atoms with Gasteiger partial charge in [0.05, 0.1) is 3.79 Å². The van der Waals surface area contributed by atoms with E-state index in [1.165, 1.54) is 11.3 Å². The molecule has 2 aromatic heterocycles. The Labute approximate surface area is 117 Å². The first-order valence-corrected chi connectivity index (χ1v) is 8.82. The van der Waals surface area contributed by atoms with E-state index in [4.69, 9.17) is 0 Å². The van der Waals surface area contributed by atoms with E-state index in [0.717, 1.165) is 9.35 Å². The second kappa shape index (κ2) is 5.19. The largest absolute Gasteiger partial charge is 0.250 e. The summed E-state index contributed by atoms with van der Waals surface area (Å²) in [6, 6.07) is 5.03. The molecule has 0 aliphatic rings. The second-order valence-electron chi connectivity index (χ2n) is 3.46. The predicted molar refractivity (Wildman–Crippen MR) is 75.1 cm³/mol. The van der Waals surface area contributed by atoms with E-state index in [-0.39, 0.29) is 6.04 Å². The van der Waals surface area contributed by atoms with Gasteiger partial charge in [0.2, 0.25) is 0 Å². The molecule has 0 fully saturated rings. The Balaban J connectivity index is 2.18. The SMILES string of the molecule is CC(NS(=O)(=O)c1ccc(Br)s1)c1ccsc1. The quantitative estimate of drug-likeness (QED) is 0.914. The van der Waals surface area contributed by atoms with Crippen LogP contribution in [0.5, 0.6) is 0 Å². The van der Waals surface area contributed by atoms with E-state index in [1.54, 1.807) is 23.5 Å². The number of nitrogens with one attached hydrogen (secondary N) is 1. The zero-order chi connectivity index (χ0) is 12.5. The third kappa shape index (κ3) is 3.17. The van der Waals surface area contributed by atoms with E-state index in [9.17, 15) is 8.42 Å². The molecule has 1 N–H and O–H groups in total. The zero-order valence-electron chi connectivity index (χ0n) is 8.88. The molecule has 0 amide bonds. The summed E-state index contributed by atoms with van der Waals surface area (Å²) >= 11 is 6.01. The number of hydrogen-bond acceptors (Lipinski definition) is 4. The normalized spacial score (nSPS) is 13.8. The molecule has 0 spiro atoms. The Bertz CT molecular complexity index is 589. The highest BCUT2D eigenvalue weighted by Gasteiger charge is 2.20. The van der Waals surface area contributed by atoms with Crippen LogP contribution in [0.1, 0.15) is 18.5 Å². The minimum Gasteiger partial charge on any atom is -0.206 e. The average Bonchev–Trinajstić information content (AvgIpc) is 2.86. The van der Waals surface area contributed by atoms with Crippen LogP contribution in [-0.2, 0) is 10.0 Å². The topological polar surface area (TPSA) is 46.2 Å². The minimum atomic E-state index is -3.42. The minimum absolute atomic E-state index is 0.216. The molecule has 2 aromatic rings. The molecular formula is C10H10BrNO2S3.